The first kappa shape index (κ1) is 17.1. The van der Waals surface area contributed by atoms with Crippen molar-refractivity contribution in [1.82, 2.24) is 4.72 Å². The lowest BCUT2D eigenvalue weighted by Crippen LogP contribution is -2.41. The maximum atomic E-state index is 12.2. The molecule has 20 heavy (non-hydrogen) atoms. The molecule has 1 aliphatic carbocycles. The Hall–Kier alpha value is -0.950. The van der Waals surface area contributed by atoms with Crippen LogP contribution in [0.3, 0.4) is 0 Å². The molecule has 0 saturated heterocycles. The molecule has 1 aromatic rings. The van der Waals surface area contributed by atoms with Crippen molar-refractivity contribution in [3.63, 3.8) is 0 Å². The predicted molar refractivity (Wildman–Crippen MR) is 79.6 cm³/mol. The van der Waals surface area contributed by atoms with E-state index in [1.807, 2.05) is 0 Å². The Balaban J connectivity index is 0.00000200. The van der Waals surface area contributed by atoms with Crippen molar-refractivity contribution < 1.29 is 13.2 Å². The van der Waals surface area contributed by atoms with E-state index in [0.29, 0.717) is 11.5 Å². The second kappa shape index (κ2) is 6.67. The fourth-order valence-corrected chi connectivity index (χ4v) is 3.35. The first-order chi connectivity index (χ1) is 8.94. The van der Waals surface area contributed by atoms with Crippen molar-refractivity contribution in [3.05, 3.63) is 29.8 Å². The van der Waals surface area contributed by atoms with Crippen molar-refractivity contribution in [2.45, 2.75) is 30.7 Å². The first-order valence-electron chi connectivity index (χ1n) is 6.27. The van der Waals surface area contributed by atoms with Crippen LogP contribution in [0.5, 0.6) is 0 Å². The maximum Gasteiger partial charge on any atom is 0.240 e. The van der Waals surface area contributed by atoms with Crippen molar-refractivity contribution in [2.24, 2.45) is 11.7 Å². The summed E-state index contributed by atoms with van der Waals surface area (Å²) < 4.78 is 27.1. The van der Waals surface area contributed by atoms with E-state index in [-0.39, 0.29) is 35.7 Å². The number of hydrogen-bond acceptors (Lipinski definition) is 4. The van der Waals surface area contributed by atoms with Gasteiger partial charge in [-0.15, -0.1) is 12.4 Å². The molecule has 0 heterocycles. The molecule has 0 aliphatic heterocycles. The van der Waals surface area contributed by atoms with Gasteiger partial charge in [-0.05, 0) is 37.8 Å². The Morgan fingerprint density at radius 2 is 2.10 bits per heavy atom. The average molecular weight is 319 g/mol. The summed E-state index contributed by atoms with van der Waals surface area (Å²) >= 11 is 0. The third-order valence-corrected chi connectivity index (χ3v) is 4.79. The Morgan fingerprint density at radius 3 is 2.60 bits per heavy atom. The van der Waals surface area contributed by atoms with Gasteiger partial charge in [-0.25, -0.2) is 13.1 Å². The Kier molecular flexibility index (Phi) is 5.70. The zero-order valence-electron chi connectivity index (χ0n) is 11.2. The number of sulfonamides is 1. The summed E-state index contributed by atoms with van der Waals surface area (Å²) in [7, 11) is -3.61. The molecule has 5 nitrogen and oxygen atoms in total. The van der Waals surface area contributed by atoms with Gasteiger partial charge in [0.25, 0.3) is 0 Å². The van der Waals surface area contributed by atoms with Gasteiger partial charge in [-0.1, -0.05) is 12.1 Å². The quantitative estimate of drug-likeness (QED) is 0.774. The number of ketones is 1. The maximum absolute atomic E-state index is 12.2. The van der Waals surface area contributed by atoms with Crippen LogP contribution in [0.15, 0.2) is 29.2 Å². The lowest BCUT2D eigenvalue weighted by molar-refractivity contribution is 0.101. The Labute approximate surface area is 125 Å². The second-order valence-corrected chi connectivity index (χ2v) is 6.60. The van der Waals surface area contributed by atoms with Crippen molar-refractivity contribution in [3.8, 4) is 0 Å². The summed E-state index contributed by atoms with van der Waals surface area (Å²) in [5, 5.41) is 0. The monoisotopic (exact) mass is 318 g/mol. The predicted octanol–water partition coefficient (Wildman–Crippen LogP) is 1.33. The van der Waals surface area contributed by atoms with Crippen LogP contribution >= 0.6 is 12.4 Å². The third-order valence-electron chi connectivity index (χ3n) is 3.30. The van der Waals surface area contributed by atoms with Gasteiger partial charge in [0, 0.05) is 18.2 Å². The molecule has 1 saturated carbocycles. The molecule has 1 unspecified atom stereocenters. The van der Waals surface area contributed by atoms with Gasteiger partial charge in [-0.2, -0.15) is 0 Å². The number of Topliss-reactive ketones (excluding diaryl/α,β-unsaturated/α-hetero) is 1. The number of benzene rings is 1. The van der Waals surface area contributed by atoms with E-state index in [4.69, 9.17) is 5.73 Å². The Bertz CT molecular complexity index is 585. The second-order valence-electron chi connectivity index (χ2n) is 4.88. The number of hydrogen-bond donors (Lipinski definition) is 2. The van der Waals surface area contributed by atoms with Crippen LogP contribution in [0.4, 0.5) is 0 Å². The molecule has 112 valence electrons. The van der Waals surface area contributed by atoms with Crippen LogP contribution in [0.25, 0.3) is 0 Å². The number of carbonyl (C=O) groups excluding carboxylic acids is 1. The fourth-order valence-electron chi connectivity index (χ4n) is 1.98. The lowest BCUT2D eigenvalue weighted by atomic mass is 10.2. The number of carbonyl (C=O) groups is 1. The first-order valence-corrected chi connectivity index (χ1v) is 7.76. The van der Waals surface area contributed by atoms with Crippen LogP contribution in [-0.4, -0.2) is 26.8 Å². The van der Waals surface area contributed by atoms with Crippen molar-refractivity contribution in [1.29, 1.82) is 0 Å². The molecule has 1 aromatic carbocycles. The molecular weight excluding hydrogens is 300 g/mol. The van der Waals surface area contributed by atoms with Crippen molar-refractivity contribution in [2.75, 3.05) is 6.54 Å². The van der Waals surface area contributed by atoms with E-state index in [9.17, 15) is 13.2 Å². The Morgan fingerprint density at radius 1 is 1.45 bits per heavy atom. The van der Waals surface area contributed by atoms with Gasteiger partial charge in [0.1, 0.15) is 0 Å². The van der Waals surface area contributed by atoms with E-state index in [2.05, 4.69) is 4.72 Å². The van der Waals surface area contributed by atoms with Gasteiger partial charge in [0.2, 0.25) is 10.0 Å². The smallest absolute Gasteiger partial charge is 0.240 e. The minimum atomic E-state index is -3.61. The summed E-state index contributed by atoms with van der Waals surface area (Å²) in [6.07, 6.45) is 2.02. The fraction of sp³-hybridized carbons (Fsp3) is 0.462. The van der Waals surface area contributed by atoms with Gasteiger partial charge in [0.05, 0.1) is 4.90 Å². The normalized spacial score (nSPS) is 16.3. The van der Waals surface area contributed by atoms with Gasteiger partial charge in [-0.3, -0.25) is 4.79 Å². The van der Waals surface area contributed by atoms with E-state index < -0.39 is 10.0 Å². The summed E-state index contributed by atoms with van der Waals surface area (Å²) in [4.78, 5) is 11.4. The number of nitrogens with one attached hydrogen (secondary N) is 1. The van der Waals surface area contributed by atoms with Crippen LogP contribution < -0.4 is 10.5 Å². The molecule has 0 bridgehead atoms. The van der Waals surface area contributed by atoms with Crippen LogP contribution in [-0.2, 0) is 10.0 Å². The molecule has 0 radical (unpaired) electrons. The lowest BCUT2D eigenvalue weighted by Gasteiger charge is -2.16. The highest BCUT2D eigenvalue weighted by atomic mass is 35.5. The van der Waals surface area contributed by atoms with E-state index in [1.54, 1.807) is 12.1 Å². The molecule has 7 heteroatoms. The number of rotatable bonds is 6. The molecular formula is C13H19ClN2O3S. The minimum Gasteiger partial charge on any atom is -0.329 e. The van der Waals surface area contributed by atoms with Gasteiger partial charge in [0.15, 0.2) is 5.78 Å². The van der Waals surface area contributed by atoms with E-state index >= 15 is 0 Å². The molecule has 1 aliphatic rings. The third kappa shape index (κ3) is 4.02. The molecule has 0 aromatic heterocycles. The van der Waals surface area contributed by atoms with Crippen LogP contribution in [0.1, 0.15) is 30.1 Å². The summed E-state index contributed by atoms with van der Waals surface area (Å²) in [5.74, 6) is 0.186. The topological polar surface area (TPSA) is 89.3 Å². The summed E-state index contributed by atoms with van der Waals surface area (Å²) in [6.45, 7) is 1.70. The highest BCUT2D eigenvalue weighted by Crippen LogP contribution is 2.32. The molecule has 1 atom stereocenters. The standard InChI is InChI=1S/C13H18N2O3S.ClH/c1-9(16)11-3-2-4-12(7-11)19(17,18)15-13(8-14)10-5-6-10;/h2-4,7,10,13,15H,5-6,8,14H2,1H3;1H. The number of nitrogens with two attached hydrogens (primary N) is 1. The zero-order chi connectivity index (χ0) is 14.0. The minimum absolute atomic E-state index is 0. The number of halogens is 1. The largest absolute Gasteiger partial charge is 0.329 e. The molecule has 3 N–H and O–H groups in total. The van der Waals surface area contributed by atoms with E-state index in [0.717, 1.165) is 12.8 Å². The highest BCUT2D eigenvalue weighted by molar-refractivity contribution is 7.89. The summed E-state index contributed by atoms with van der Waals surface area (Å²) in [6, 6.07) is 5.83. The molecule has 2 rings (SSSR count). The SMILES string of the molecule is CC(=O)c1cccc(S(=O)(=O)NC(CN)C2CC2)c1.Cl. The highest BCUT2D eigenvalue weighted by Gasteiger charge is 2.33. The van der Waals surface area contributed by atoms with Crippen LogP contribution in [0, 0.1) is 5.92 Å². The zero-order valence-corrected chi connectivity index (χ0v) is 12.8. The average Bonchev–Trinajstić information content (AvgIpc) is 3.20. The van der Waals surface area contributed by atoms with E-state index in [1.165, 1.54) is 19.1 Å². The molecule has 1 fully saturated rings. The summed E-state index contributed by atoms with van der Waals surface area (Å²) in [5.41, 5.74) is 5.98. The molecule has 0 spiro atoms. The van der Waals surface area contributed by atoms with Crippen molar-refractivity contribution >= 4 is 28.2 Å². The van der Waals surface area contributed by atoms with Gasteiger partial charge >= 0.3 is 0 Å². The molecule has 0 amide bonds. The van der Waals surface area contributed by atoms with Crippen LogP contribution in [0.2, 0.25) is 0 Å². The van der Waals surface area contributed by atoms with Gasteiger partial charge < -0.3 is 5.73 Å².